The van der Waals surface area contributed by atoms with E-state index in [1.54, 1.807) is 12.1 Å². The summed E-state index contributed by atoms with van der Waals surface area (Å²) in [6.07, 6.45) is 3.73. The van der Waals surface area contributed by atoms with Crippen molar-refractivity contribution in [3.8, 4) is 0 Å². The highest BCUT2D eigenvalue weighted by Crippen LogP contribution is 2.22. The first kappa shape index (κ1) is 21.1. The predicted molar refractivity (Wildman–Crippen MR) is 109 cm³/mol. The first-order valence-electron chi connectivity index (χ1n) is 9.94. The van der Waals surface area contributed by atoms with Gasteiger partial charge in [-0.3, -0.25) is 4.90 Å². The lowest BCUT2D eigenvalue weighted by atomic mass is 9.96. The van der Waals surface area contributed by atoms with Crippen molar-refractivity contribution < 1.29 is 17.9 Å². The molecule has 0 bridgehead atoms. The number of hydrogen-bond acceptors (Lipinski definition) is 5. The van der Waals surface area contributed by atoms with Gasteiger partial charge in [-0.2, -0.15) is 0 Å². The molecule has 0 radical (unpaired) electrons. The molecule has 8 heteroatoms. The van der Waals surface area contributed by atoms with Crippen LogP contribution in [0.15, 0.2) is 29.2 Å². The molecule has 0 aromatic heterocycles. The highest BCUT2D eigenvalue weighted by Gasteiger charge is 2.28. The summed E-state index contributed by atoms with van der Waals surface area (Å²) in [5, 5.41) is 2.86. The number of rotatable bonds is 4. The molecular formula is C20H31N3O4S. The lowest BCUT2D eigenvalue weighted by Gasteiger charge is -2.39. The summed E-state index contributed by atoms with van der Waals surface area (Å²) < 4.78 is 28.8. The van der Waals surface area contributed by atoms with Gasteiger partial charge in [0.2, 0.25) is 0 Å². The second-order valence-electron chi connectivity index (χ2n) is 8.13. The van der Waals surface area contributed by atoms with Crippen molar-refractivity contribution in [1.82, 2.24) is 9.80 Å². The molecule has 3 rings (SSSR count). The molecule has 0 saturated carbocycles. The Labute approximate surface area is 167 Å². The van der Waals surface area contributed by atoms with Gasteiger partial charge in [0.1, 0.15) is 0 Å². The quantitative estimate of drug-likeness (QED) is 0.826. The number of urea groups is 1. The lowest BCUT2D eigenvalue weighted by molar-refractivity contribution is -0.0728. The van der Waals surface area contributed by atoms with E-state index < -0.39 is 9.84 Å². The monoisotopic (exact) mass is 409 g/mol. The fourth-order valence-corrected chi connectivity index (χ4v) is 4.74. The fraction of sp³-hybridized carbons (Fsp3) is 0.650. The van der Waals surface area contributed by atoms with Gasteiger partial charge >= 0.3 is 6.03 Å². The molecule has 2 aliphatic heterocycles. The fourth-order valence-electron chi connectivity index (χ4n) is 4.11. The molecule has 2 unspecified atom stereocenters. The molecule has 2 atom stereocenters. The Morgan fingerprint density at radius 1 is 1.11 bits per heavy atom. The molecule has 28 heavy (non-hydrogen) atoms. The molecule has 0 spiro atoms. The number of amides is 2. The van der Waals surface area contributed by atoms with Crippen LogP contribution < -0.4 is 5.32 Å². The molecule has 1 aromatic rings. The highest BCUT2D eigenvalue weighted by atomic mass is 32.2. The first-order chi connectivity index (χ1) is 13.2. The van der Waals surface area contributed by atoms with E-state index in [9.17, 15) is 13.2 Å². The van der Waals surface area contributed by atoms with Gasteiger partial charge in [-0.1, -0.05) is 0 Å². The minimum atomic E-state index is -3.23. The number of carbonyl (C=O) groups is 1. The number of morpholine rings is 1. The maximum atomic E-state index is 12.5. The molecule has 7 nitrogen and oxygen atoms in total. The van der Waals surface area contributed by atoms with Crippen LogP contribution in [0.25, 0.3) is 0 Å². The zero-order valence-corrected chi connectivity index (χ0v) is 17.7. The van der Waals surface area contributed by atoms with E-state index >= 15 is 0 Å². The van der Waals surface area contributed by atoms with Gasteiger partial charge in [0.15, 0.2) is 9.84 Å². The predicted octanol–water partition coefficient (Wildman–Crippen LogP) is 2.44. The second-order valence-corrected chi connectivity index (χ2v) is 10.1. The zero-order chi connectivity index (χ0) is 20.3. The van der Waals surface area contributed by atoms with Crippen molar-refractivity contribution in [2.75, 3.05) is 44.3 Å². The van der Waals surface area contributed by atoms with Crippen LogP contribution in [-0.2, 0) is 14.6 Å². The number of benzene rings is 1. The lowest BCUT2D eigenvalue weighted by Crippen LogP contribution is -2.49. The number of nitrogens with zero attached hydrogens (tertiary/aromatic N) is 2. The Hall–Kier alpha value is -1.64. The van der Waals surface area contributed by atoms with Gasteiger partial charge in [-0.25, -0.2) is 13.2 Å². The number of carbonyl (C=O) groups excluding carboxylic acids is 1. The van der Waals surface area contributed by atoms with Crippen molar-refractivity contribution >= 4 is 21.6 Å². The van der Waals surface area contributed by atoms with E-state index in [2.05, 4.69) is 24.1 Å². The largest absolute Gasteiger partial charge is 0.373 e. The van der Waals surface area contributed by atoms with Gasteiger partial charge < -0.3 is 15.0 Å². The minimum Gasteiger partial charge on any atom is -0.373 e. The SMILES string of the molecule is CC1CN(CC2CCN(C(=O)Nc3ccc(S(C)(=O)=O)cc3)CC2)CC(C)O1. The van der Waals surface area contributed by atoms with Crippen molar-refractivity contribution in [1.29, 1.82) is 0 Å². The van der Waals surface area contributed by atoms with Crippen LogP contribution in [0.5, 0.6) is 0 Å². The average molecular weight is 410 g/mol. The van der Waals surface area contributed by atoms with E-state index in [0.29, 0.717) is 11.6 Å². The molecule has 2 heterocycles. The number of nitrogens with one attached hydrogen (secondary N) is 1. The molecule has 2 saturated heterocycles. The van der Waals surface area contributed by atoms with Gasteiger partial charge in [0.25, 0.3) is 0 Å². The van der Waals surface area contributed by atoms with Crippen LogP contribution in [0.1, 0.15) is 26.7 Å². The molecule has 1 N–H and O–H groups in total. The van der Waals surface area contributed by atoms with Crippen molar-refractivity contribution in [2.24, 2.45) is 5.92 Å². The van der Waals surface area contributed by atoms with Gasteiger partial charge in [-0.05, 0) is 56.9 Å². The van der Waals surface area contributed by atoms with E-state index in [1.807, 2.05) is 4.90 Å². The van der Waals surface area contributed by atoms with Crippen LogP contribution in [0.4, 0.5) is 10.5 Å². The molecule has 1 aromatic carbocycles. The van der Waals surface area contributed by atoms with Crippen molar-refractivity contribution in [3.63, 3.8) is 0 Å². The van der Waals surface area contributed by atoms with Crippen LogP contribution in [0.2, 0.25) is 0 Å². The van der Waals surface area contributed by atoms with E-state index in [1.165, 1.54) is 18.4 Å². The number of hydrogen-bond donors (Lipinski definition) is 1. The molecule has 156 valence electrons. The number of sulfone groups is 1. The van der Waals surface area contributed by atoms with E-state index in [0.717, 1.165) is 45.6 Å². The summed E-state index contributed by atoms with van der Waals surface area (Å²) in [6.45, 7) is 8.76. The van der Waals surface area contributed by atoms with Gasteiger partial charge in [0.05, 0.1) is 17.1 Å². The zero-order valence-electron chi connectivity index (χ0n) is 16.9. The summed E-state index contributed by atoms with van der Waals surface area (Å²) >= 11 is 0. The number of ether oxygens (including phenoxy) is 1. The summed E-state index contributed by atoms with van der Waals surface area (Å²) in [5.41, 5.74) is 0.607. The minimum absolute atomic E-state index is 0.126. The maximum Gasteiger partial charge on any atom is 0.321 e. The molecule has 2 aliphatic rings. The Bertz CT molecular complexity index is 763. The van der Waals surface area contributed by atoms with Gasteiger partial charge in [-0.15, -0.1) is 0 Å². The van der Waals surface area contributed by atoms with Crippen molar-refractivity contribution in [2.45, 2.75) is 43.8 Å². The third kappa shape index (κ3) is 5.68. The molecular weight excluding hydrogens is 378 g/mol. The molecule has 2 amide bonds. The van der Waals surface area contributed by atoms with Crippen LogP contribution in [0.3, 0.4) is 0 Å². The summed E-state index contributed by atoms with van der Waals surface area (Å²) in [5.74, 6) is 0.607. The Morgan fingerprint density at radius 3 is 2.21 bits per heavy atom. The van der Waals surface area contributed by atoms with Gasteiger partial charge in [0, 0.05) is 44.7 Å². The van der Waals surface area contributed by atoms with Crippen LogP contribution in [0, 0.1) is 5.92 Å². The summed E-state index contributed by atoms with van der Waals surface area (Å²) in [6, 6.07) is 6.16. The molecule has 0 aliphatic carbocycles. The maximum absolute atomic E-state index is 12.5. The topological polar surface area (TPSA) is 79.0 Å². The molecule has 2 fully saturated rings. The number of likely N-dealkylation sites (tertiary alicyclic amines) is 1. The van der Waals surface area contributed by atoms with Crippen LogP contribution in [-0.4, -0.2) is 75.4 Å². The Morgan fingerprint density at radius 2 is 1.68 bits per heavy atom. The van der Waals surface area contributed by atoms with E-state index in [4.69, 9.17) is 4.74 Å². The Balaban J connectivity index is 1.46. The first-order valence-corrected chi connectivity index (χ1v) is 11.8. The van der Waals surface area contributed by atoms with Crippen LogP contribution >= 0.6 is 0 Å². The normalized spacial score (nSPS) is 24.9. The van der Waals surface area contributed by atoms with Crippen molar-refractivity contribution in [3.05, 3.63) is 24.3 Å². The second kappa shape index (κ2) is 8.80. The smallest absolute Gasteiger partial charge is 0.321 e. The third-order valence-corrected chi connectivity index (χ3v) is 6.58. The Kier molecular flexibility index (Phi) is 6.62. The number of piperidine rings is 1. The third-order valence-electron chi connectivity index (χ3n) is 5.45. The summed E-state index contributed by atoms with van der Waals surface area (Å²) in [4.78, 5) is 17.1. The number of anilines is 1. The average Bonchev–Trinajstić information content (AvgIpc) is 2.61. The highest BCUT2D eigenvalue weighted by molar-refractivity contribution is 7.90. The standard InChI is InChI=1S/C20H31N3O4S/c1-15-12-22(13-16(2)27-15)14-17-8-10-23(11-9-17)20(24)21-18-4-6-19(7-5-18)28(3,25)26/h4-7,15-17H,8-14H2,1-3H3,(H,21,24). The van der Waals surface area contributed by atoms with E-state index in [-0.39, 0.29) is 23.1 Å². The summed E-state index contributed by atoms with van der Waals surface area (Å²) in [7, 11) is -3.23.